The van der Waals surface area contributed by atoms with Crippen LogP contribution in [0.4, 0.5) is 0 Å². The van der Waals surface area contributed by atoms with Gasteiger partial charge in [-0.2, -0.15) is 0 Å². The van der Waals surface area contributed by atoms with Gasteiger partial charge in [-0.1, -0.05) is 32.8 Å². The molecular weight excluding hydrogens is 270 g/mol. The summed E-state index contributed by atoms with van der Waals surface area (Å²) >= 11 is 1.70. The molecule has 2 rings (SSSR count). The Bertz CT molecular complexity index is 428. The molecule has 4 heteroatoms. The van der Waals surface area contributed by atoms with Crippen LogP contribution in [0.3, 0.4) is 0 Å². The lowest BCUT2D eigenvalue weighted by molar-refractivity contribution is -0.141. The number of hydrogen-bond acceptors (Lipinski definition) is 4. The first-order valence-electron chi connectivity index (χ1n) is 7.39. The van der Waals surface area contributed by atoms with Crippen molar-refractivity contribution in [1.29, 1.82) is 0 Å². The molecule has 0 bridgehead atoms. The van der Waals surface area contributed by atoms with Gasteiger partial charge in [0.25, 0.3) is 0 Å². The highest BCUT2D eigenvalue weighted by Gasteiger charge is 2.34. The van der Waals surface area contributed by atoms with Gasteiger partial charge in [0, 0.05) is 10.9 Å². The average molecular weight is 295 g/mol. The number of methoxy groups -OCH3 is 1. The smallest absolute Gasteiger partial charge is 0.307 e. The Morgan fingerprint density at radius 3 is 2.95 bits per heavy atom. The van der Waals surface area contributed by atoms with E-state index in [0.29, 0.717) is 17.9 Å². The molecule has 2 unspecified atom stereocenters. The lowest BCUT2D eigenvalue weighted by Crippen LogP contribution is -2.46. The van der Waals surface area contributed by atoms with Crippen molar-refractivity contribution in [1.82, 2.24) is 5.32 Å². The van der Waals surface area contributed by atoms with Crippen LogP contribution in [0.5, 0.6) is 0 Å². The Hall–Kier alpha value is -0.870. The van der Waals surface area contributed by atoms with Crippen LogP contribution in [0.15, 0.2) is 17.5 Å². The molecule has 1 aliphatic rings. The van der Waals surface area contributed by atoms with E-state index in [-0.39, 0.29) is 12.0 Å². The van der Waals surface area contributed by atoms with E-state index in [9.17, 15) is 4.79 Å². The van der Waals surface area contributed by atoms with Gasteiger partial charge in [-0.05, 0) is 29.7 Å². The number of carbonyl (C=O) groups is 1. The van der Waals surface area contributed by atoms with Crippen LogP contribution in [0.1, 0.15) is 56.9 Å². The van der Waals surface area contributed by atoms with E-state index in [1.54, 1.807) is 11.3 Å². The fourth-order valence-electron chi connectivity index (χ4n) is 3.03. The van der Waals surface area contributed by atoms with Gasteiger partial charge in [0.1, 0.15) is 0 Å². The van der Waals surface area contributed by atoms with E-state index < -0.39 is 0 Å². The number of rotatable bonds is 5. The minimum Gasteiger partial charge on any atom is -0.469 e. The van der Waals surface area contributed by atoms with Crippen LogP contribution < -0.4 is 5.32 Å². The van der Waals surface area contributed by atoms with Crippen LogP contribution in [-0.4, -0.2) is 19.1 Å². The zero-order valence-corrected chi connectivity index (χ0v) is 13.5. The van der Waals surface area contributed by atoms with Crippen LogP contribution in [-0.2, 0) is 9.53 Å². The largest absolute Gasteiger partial charge is 0.469 e. The Morgan fingerprint density at radius 1 is 1.55 bits per heavy atom. The molecule has 0 aromatic carbocycles. The maximum absolute atomic E-state index is 11.7. The predicted octanol–water partition coefficient (Wildman–Crippen LogP) is 3.91. The highest BCUT2D eigenvalue weighted by atomic mass is 32.1. The zero-order chi connectivity index (χ0) is 14.6. The van der Waals surface area contributed by atoms with E-state index in [2.05, 4.69) is 30.6 Å². The van der Waals surface area contributed by atoms with Crippen LogP contribution in [0.2, 0.25) is 0 Å². The van der Waals surface area contributed by atoms with Crippen LogP contribution in [0.25, 0.3) is 0 Å². The normalized spacial score (nSPS) is 23.2. The molecule has 1 aliphatic carbocycles. The van der Waals surface area contributed by atoms with Gasteiger partial charge in [0.15, 0.2) is 0 Å². The van der Waals surface area contributed by atoms with Gasteiger partial charge in [-0.3, -0.25) is 4.79 Å². The quantitative estimate of drug-likeness (QED) is 0.837. The van der Waals surface area contributed by atoms with Crippen molar-refractivity contribution in [3.05, 3.63) is 22.4 Å². The highest BCUT2D eigenvalue weighted by Crippen LogP contribution is 2.37. The summed E-state index contributed by atoms with van der Waals surface area (Å²) in [6.07, 6.45) is 5.43. The summed E-state index contributed by atoms with van der Waals surface area (Å²) in [4.78, 5) is 12.9. The Kier molecular flexibility index (Phi) is 5.22. The topological polar surface area (TPSA) is 38.3 Å². The molecule has 3 nitrogen and oxygen atoms in total. The van der Waals surface area contributed by atoms with E-state index in [0.717, 1.165) is 0 Å². The molecular formula is C16H25NO2S. The maximum atomic E-state index is 11.7. The molecule has 0 radical (unpaired) electrons. The molecule has 2 atom stereocenters. The molecule has 1 fully saturated rings. The number of ether oxygens (including phenoxy) is 1. The molecule has 112 valence electrons. The number of esters is 1. The summed E-state index contributed by atoms with van der Waals surface area (Å²) < 4.78 is 4.85. The van der Waals surface area contributed by atoms with E-state index in [4.69, 9.17) is 4.74 Å². The minimum atomic E-state index is -0.149. The van der Waals surface area contributed by atoms with Crippen molar-refractivity contribution in [2.75, 3.05) is 7.11 Å². The fourth-order valence-corrected chi connectivity index (χ4v) is 3.81. The fraction of sp³-hybridized carbons (Fsp3) is 0.688. The second-order valence-electron chi connectivity index (χ2n) is 6.30. The number of carbonyl (C=O) groups excluding carboxylic acids is 1. The van der Waals surface area contributed by atoms with E-state index in [1.165, 1.54) is 37.7 Å². The molecule has 1 aromatic heterocycles. The van der Waals surface area contributed by atoms with E-state index >= 15 is 0 Å². The Labute approximate surface area is 125 Å². The molecule has 1 heterocycles. The van der Waals surface area contributed by atoms with Gasteiger partial charge in [0.2, 0.25) is 0 Å². The molecule has 1 aromatic rings. The van der Waals surface area contributed by atoms with Crippen molar-refractivity contribution in [2.24, 2.45) is 5.41 Å². The highest BCUT2D eigenvalue weighted by molar-refractivity contribution is 7.10. The third kappa shape index (κ3) is 3.83. The van der Waals surface area contributed by atoms with Gasteiger partial charge in [-0.15, -0.1) is 11.3 Å². The third-order valence-electron chi connectivity index (χ3n) is 4.39. The molecule has 0 amide bonds. The summed E-state index contributed by atoms with van der Waals surface area (Å²) in [5.74, 6) is -0.149. The molecule has 0 aliphatic heterocycles. The number of thiophene rings is 1. The third-order valence-corrected chi connectivity index (χ3v) is 5.38. The second kappa shape index (κ2) is 6.72. The predicted molar refractivity (Wildman–Crippen MR) is 82.9 cm³/mol. The summed E-state index contributed by atoms with van der Waals surface area (Å²) in [7, 11) is 1.46. The Morgan fingerprint density at radius 2 is 2.35 bits per heavy atom. The summed E-state index contributed by atoms with van der Waals surface area (Å²) in [6, 6.07) is 4.68. The molecule has 0 saturated heterocycles. The minimum absolute atomic E-state index is 0.0739. The van der Waals surface area contributed by atoms with Crippen LogP contribution in [0, 0.1) is 5.41 Å². The summed E-state index contributed by atoms with van der Waals surface area (Å²) in [6.45, 7) is 4.65. The monoisotopic (exact) mass is 295 g/mol. The number of nitrogens with one attached hydrogen (secondary N) is 1. The lowest BCUT2D eigenvalue weighted by atomic mass is 9.73. The van der Waals surface area contributed by atoms with Gasteiger partial charge >= 0.3 is 5.97 Å². The maximum Gasteiger partial charge on any atom is 0.307 e. The molecule has 20 heavy (non-hydrogen) atoms. The summed E-state index contributed by atoms with van der Waals surface area (Å²) in [5.41, 5.74) is 0.296. The van der Waals surface area contributed by atoms with Crippen molar-refractivity contribution >= 4 is 17.3 Å². The van der Waals surface area contributed by atoms with Gasteiger partial charge in [0.05, 0.1) is 19.6 Å². The second-order valence-corrected chi connectivity index (χ2v) is 7.28. The van der Waals surface area contributed by atoms with Crippen molar-refractivity contribution < 1.29 is 9.53 Å². The van der Waals surface area contributed by atoms with Gasteiger partial charge in [-0.25, -0.2) is 0 Å². The Balaban J connectivity index is 2.09. The van der Waals surface area contributed by atoms with Gasteiger partial charge < -0.3 is 10.1 Å². The molecule has 1 N–H and O–H groups in total. The van der Waals surface area contributed by atoms with Crippen LogP contribution >= 0.6 is 11.3 Å². The van der Waals surface area contributed by atoms with Crippen molar-refractivity contribution in [3.63, 3.8) is 0 Å². The van der Waals surface area contributed by atoms with Crippen molar-refractivity contribution in [2.45, 2.75) is 58.0 Å². The average Bonchev–Trinajstić information content (AvgIpc) is 2.93. The standard InChI is InChI=1S/C16H25NO2S/c1-16(2)9-5-4-8-14(16)17-12(11-15(18)19-3)13-7-6-10-20-13/h6-7,10,12,14,17H,4-5,8-9,11H2,1-3H3. The first kappa shape index (κ1) is 15.5. The number of hydrogen-bond donors (Lipinski definition) is 1. The lowest BCUT2D eigenvalue weighted by Gasteiger charge is -2.41. The molecule has 1 saturated carbocycles. The van der Waals surface area contributed by atoms with E-state index in [1.807, 2.05) is 6.07 Å². The first-order valence-corrected chi connectivity index (χ1v) is 8.27. The van der Waals surface area contributed by atoms with Crippen molar-refractivity contribution in [3.8, 4) is 0 Å². The zero-order valence-electron chi connectivity index (χ0n) is 12.6. The SMILES string of the molecule is COC(=O)CC(NC1CCCCC1(C)C)c1cccs1. The first-order chi connectivity index (χ1) is 9.53. The summed E-state index contributed by atoms with van der Waals surface area (Å²) in [5, 5.41) is 5.79. The molecule has 0 spiro atoms.